The molecule has 7 heteroatoms. The Morgan fingerprint density at radius 2 is 1.71 bits per heavy atom. The Hall–Kier alpha value is -2.18. The summed E-state index contributed by atoms with van der Waals surface area (Å²) in [7, 11) is 0. The van der Waals surface area contributed by atoms with Crippen LogP contribution in [0.4, 0.5) is 0 Å². The summed E-state index contributed by atoms with van der Waals surface area (Å²) < 4.78 is 0. The van der Waals surface area contributed by atoms with E-state index in [9.17, 15) is 9.59 Å². The van der Waals surface area contributed by atoms with E-state index in [1.807, 2.05) is 45.0 Å². The van der Waals surface area contributed by atoms with Gasteiger partial charge in [0.1, 0.15) is 11.4 Å². The molecule has 0 radical (unpaired) electrons. The maximum absolute atomic E-state index is 12.5. The number of H-pyrrole nitrogens is 1. The average molecular weight is 407 g/mol. The molecule has 1 atom stereocenters. The summed E-state index contributed by atoms with van der Waals surface area (Å²) in [6.07, 6.45) is 0. The van der Waals surface area contributed by atoms with E-state index in [2.05, 4.69) is 29.1 Å². The second-order valence-electron chi connectivity index (χ2n) is 8.26. The van der Waals surface area contributed by atoms with Crippen LogP contribution in [-0.2, 0) is 5.41 Å². The van der Waals surface area contributed by atoms with Gasteiger partial charge in [-0.15, -0.1) is 12.4 Å². The van der Waals surface area contributed by atoms with Crippen LogP contribution in [0.25, 0.3) is 0 Å². The number of carbonyl (C=O) groups excluding carboxylic acids is 1. The maximum Gasteiger partial charge on any atom is 0.264 e. The molecule has 154 valence electrons. The van der Waals surface area contributed by atoms with E-state index >= 15 is 0 Å². The number of nitrogens with two attached hydrogens (primary N) is 1. The van der Waals surface area contributed by atoms with Crippen molar-refractivity contribution in [1.29, 1.82) is 0 Å². The molecular formula is C21H31ClN4O2. The molecule has 0 spiro atoms. The van der Waals surface area contributed by atoms with Crippen LogP contribution >= 0.6 is 12.4 Å². The first-order valence-electron chi connectivity index (χ1n) is 9.25. The normalized spacial score (nSPS) is 12.4. The van der Waals surface area contributed by atoms with Gasteiger partial charge in [0.2, 0.25) is 0 Å². The van der Waals surface area contributed by atoms with Crippen molar-refractivity contribution in [2.45, 2.75) is 58.9 Å². The van der Waals surface area contributed by atoms with Crippen LogP contribution in [0.2, 0.25) is 0 Å². The van der Waals surface area contributed by atoms with Crippen LogP contribution in [0, 0.1) is 6.92 Å². The van der Waals surface area contributed by atoms with Crippen LogP contribution in [0.3, 0.4) is 0 Å². The number of aromatic nitrogens is 2. The van der Waals surface area contributed by atoms with Gasteiger partial charge in [-0.1, -0.05) is 58.9 Å². The third kappa shape index (κ3) is 5.66. The summed E-state index contributed by atoms with van der Waals surface area (Å²) in [4.78, 5) is 32.0. The zero-order chi connectivity index (χ0) is 20.4. The molecule has 0 aliphatic carbocycles. The van der Waals surface area contributed by atoms with E-state index < -0.39 is 11.5 Å². The summed E-state index contributed by atoms with van der Waals surface area (Å²) in [5, 5.41) is 2.75. The van der Waals surface area contributed by atoms with Crippen LogP contribution in [-0.4, -0.2) is 22.4 Å². The minimum Gasteiger partial charge on any atom is -0.350 e. The van der Waals surface area contributed by atoms with Gasteiger partial charge in [-0.3, -0.25) is 9.59 Å². The van der Waals surface area contributed by atoms with Gasteiger partial charge in [0.25, 0.3) is 11.5 Å². The van der Waals surface area contributed by atoms with E-state index in [1.165, 1.54) is 5.56 Å². The molecule has 0 bridgehead atoms. The molecule has 2 rings (SSSR count). The largest absolute Gasteiger partial charge is 0.350 e. The number of benzene rings is 1. The van der Waals surface area contributed by atoms with Gasteiger partial charge in [-0.2, -0.15) is 0 Å². The number of nitrogens with one attached hydrogen (secondary N) is 2. The Labute approximate surface area is 172 Å². The molecule has 1 heterocycles. The molecule has 0 saturated heterocycles. The first-order valence-corrected chi connectivity index (χ1v) is 9.25. The number of hydrogen-bond acceptors (Lipinski definition) is 4. The number of aryl methyl sites for hydroxylation is 1. The van der Waals surface area contributed by atoms with E-state index in [1.54, 1.807) is 6.92 Å². The summed E-state index contributed by atoms with van der Waals surface area (Å²) in [6, 6.07) is 7.70. The van der Waals surface area contributed by atoms with Gasteiger partial charge >= 0.3 is 0 Å². The highest BCUT2D eigenvalue weighted by molar-refractivity contribution is 5.94. The molecule has 1 amide bonds. The van der Waals surface area contributed by atoms with Crippen LogP contribution in [0.1, 0.15) is 79.6 Å². The number of halogens is 1. The lowest BCUT2D eigenvalue weighted by molar-refractivity contribution is 0.0948. The minimum absolute atomic E-state index is 0. The molecule has 2 aromatic rings. The van der Waals surface area contributed by atoms with Crippen molar-refractivity contribution < 1.29 is 4.79 Å². The van der Waals surface area contributed by atoms with Gasteiger partial charge in [0, 0.05) is 18.0 Å². The van der Waals surface area contributed by atoms with Crippen molar-refractivity contribution in [3.05, 3.63) is 62.8 Å². The van der Waals surface area contributed by atoms with Crippen molar-refractivity contribution in [2.75, 3.05) is 6.54 Å². The first kappa shape index (κ1) is 23.9. The number of rotatable bonds is 5. The lowest BCUT2D eigenvalue weighted by Gasteiger charge is -2.19. The molecule has 6 nitrogen and oxygen atoms in total. The highest BCUT2D eigenvalue weighted by Gasteiger charge is 2.22. The van der Waals surface area contributed by atoms with Gasteiger partial charge < -0.3 is 16.0 Å². The van der Waals surface area contributed by atoms with Gasteiger partial charge in [0.05, 0.1) is 5.69 Å². The smallest absolute Gasteiger partial charge is 0.264 e. The summed E-state index contributed by atoms with van der Waals surface area (Å²) in [6.45, 7) is 12.0. The minimum atomic E-state index is -0.462. The Bertz CT molecular complexity index is 867. The summed E-state index contributed by atoms with van der Waals surface area (Å²) in [5.74, 6) is 0.549. The fraction of sp³-hybridized carbons (Fsp3) is 0.476. The van der Waals surface area contributed by atoms with Gasteiger partial charge in [-0.05, 0) is 24.0 Å². The van der Waals surface area contributed by atoms with Crippen molar-refractivity contribution in [3.63, 3.8) is 0 Å². The van der Waals surface area contributed by atoms with Crippen molar-refractivity contribution >= 4 is 18.3 Å². The number of nitrogens with zero attached hydrogens (tertiary/aromatic N) is 1. The molecule has 1 aromatic heterocycles. The molecule has 1 aromatic carbocycles. The number of aromatic amines is 1. The second-order valence-corrected chi connectivity index (χ2v) is 8.26. The quantitative estimate of drug-likeness (QED) is 0.708. The van der Waals surface area contributed by atoms with E-state index in [0.717, 1.165) is 5.56 Å². The van der Waals surface area contributed by atoms with E-state index in [-0.39, 0.29) is 36.0 Å². The number of amides is 1. The molecule has 0 aliphatic rings. The molecule has 1 unspecified atom stereocenters. The highest BCUT2D eigenvalue weighted by atomic mass is 35.5. The zero-order valence-electron chi connectivity index (χ0n) is 17.4. The fourth-order valence-corrected chi connectivity index (χ4v) is 2.75. The Balaban J connectivity index is 0.00000392. The first-order chi connectivity index (χ1) is 12.5. The highest BCUT2D eigenvalue weighted by Crippen LogP contribution is 2.18. The third-order valence-corrected chi connectivity index (χ3v) is 4.55. The summed E-state index contributed by atoms with van der Waals surface area (Å²) >= 11 is 0. The van der Waals surface area contributed by atoms with Crippen molar-refractivity contribution in [3.8, 4) is 0 Å². The predicted molar refractivity (Wildman–Crippen MR) is 115 cm³/mol. The zero-order valence-corrected chi connectivity index (χ0v) is 18.2. The third-order valence-electron chi connectivity index (χ3n) is 4.55. The Kier molecular flexibility index (Phi) is 7.96. The SMILES string of the molecule is Cc1nc(C(C)(C)C)[nH]c(=O)c1C(=O)NCC(N)c1ccc(C(C)C)cc1.Cl. The topological polar surface area (TPSA) is 101 Å². The standard InChI is InChI=1S/C21H30N4O2.ClH/c1-12(2)14-7-9-15(10-8-14)16(22)11-23-18(26)17-13(3)24-20(21(4,5)6)25-19(17)27;/h7-10,12,16H,11,22H2,1-6H3,(H,23,26)(H,24,25,27);1H. The molecular weight excluding hydrogens is 376 g/mol. The van der Waals surface area contributed by atoms with Gasteiger partial charge in [-0.25, -0.2) is 4.98 Å². The summed E-state index contributed by atoms with van der Waals surface area (Å²) in [5.41, 5.74) is 8.08. The molecule has 0 aliphatic heterocycles. The average Bonchev–Trinajstić information content (AvgIpc) is 2.58. The molecule has 0 fully saturated rings. The van der Waals surface area contributed by atoms with Crippen LogP contribution in [0.5, 0.6) is 0 Å². The van der Waals surface area contributed by atoms with Gasteiger partial charge in [0.15, 0.2) is 0 Å². The van der Waals surface area contributed by atoms with Crippen LogP contribution in [0.15, 0.2) is 29.1 Å². The lowest BCUT2D eigenvalue weighted by atomic mass is 9.95. The fourth-order valence-electron chi connectivity index (χ4n) is 2.75. The second kappa shape index (κ2) is 9.34. The Morgan fingerprint density at radius 1 is 1.18 bits per heavy atom. The predicted octanol–water partition coefficient (Wildman–Crippen LogP) is 3.35. The lowest BCUT2D eigenvalue weighted by Crippen LogP contribution is -2.37. The molecule has 28 heavy (non-hydrogen) atoms. The van der Waals surface area contributed by atoms with E-state index in [4.69, 9.17) is 5.73 Å². The number of hydrogen-bond donors (Lipinski definition) is 3. The monoisotopic (exact) mass is 406 g/mol. The van der Waals surface area contributed by atoms with Crippen LogP contribution < -0.4 is 16.6 Å². The Morgan fingerprint density at radius 3 is 2.18 bits per heavy atom. The maximum atomic E-state index is 12.5. The van der Waals surface area contributed by atoms with Crippen molar-refractivity contribution in [2.24, 2.45) is 5.73 Å². The number of carbonyl (C=O) groups is 1. The molecule has 4 N–H and O–H groups in total. The molecule has 0 saturated carbocycles. The van der Waals surface area contributed by atoms with Crippen molar-refractivity contribution in [1.82, 2.24) is 15.3 Å². The van der Waals surface area contributed by atoms with E-state index in [0.29, 0.717) is 17.4 Å².